The second-order valence-corrected chi connectivity index (χ2v) is 3.89. The lowest BCUT2D eigenvalue weighted by Gasteiger charge is -2.31. The van der Waals surface area contributed by atoms with E-state index in [2.05, 4.69) is 24.1 Å². The molecule has 82 valence electrons. The normalized spacial score (nSPS) is 24.7. The Morgan fingerprint density at radius 3 is 2.86 bits per heavy atom. The second kappa shape index (κ2) is 5.32. The van der Waals surface area contributed by atoms with E-state index in [9.17, 15) is 4.79 Å². The summed E-state index contributed by atoms with van der Waals surface area (Å²) in [5, 5.41) is 2.69. The number of carbonyl (C=O) groups excluding carboxylic acids is 1. The van der Waals surface area contributed by atoms with Crippen LogP contribution in [-0.2, 0) is 9.53 Å². The van der Waals surface area contributed by atoms with E-state index in [0.29, 0.717) is 12.6 Å². The highest BCUT2D eigenvalue weighted by molar-refractivity contribution is 5.81. The van der Waals surface area contributed by atoms with Crippen LogP contribution in [0.25, 0.3) is 0 Å². The van der Waals surface area contributed by atoms with Crippen LogP contribution in [0.4, 0.5) is 0 Å². The second-order valence-electron chi connectivity index (χ2n) is 3.89. The minimum Gasteiger partial charge on any atom is -0.379 e. The number of hydrogen-bond donors (Lipinski definition) is 1. The molecule has 1 rings (SSSR count). The molecule has 0 bridgehead atoms. The molecule has 1 unspecified atom stereocenters. The molecule has 1 N–H and O–H groups in total. The van der Waals surface area contributed by atoms with Crippen LogP contribution in [0.1, 0.15) is 20.3 Å². The van der Waals surface area contributed by atoms with Crippen LogP contribution in [0, 0.1) is 0 Å². The highest BCUT2D eigenvalue weighted by atomic mass is 16.5. The van der Waals surface area contributed by atoms with Crippen LogP contribution in [0.5, 0.6) is 0 Å². The van der Waals surface area contributed by atoms with E-state index in [1.54, 1.807) is 7.05 Å². The first-order valence-electron chi connectivity index (χ1n) is 5.22. The number of ether oxygens (including phenoxy) is 1. The van der Waals surface area contributed by atoms with Crippen LogP contribution in [-0.4, -0.2) is 49.7 Å². The molecule has 1 amide bonds. The maximum atomic E-state index is 11.6. The minimum atomic E-state index is -0.123. The van der Waals surface area contributed by atoms with Gasteiger partial charge in [0, 0.05) is 26.2 Å². The molecule has 0 aliphatic carbocycles. The molecule has 4 nitrogen and oxygen atoms in total. The van der Waals surface area contributed by atoms with Gasteiger partial charge in [-0.3, -0.25) is 9.69 Å². The SMILES string of the molecule is CNC(=O)C1COCCCN1C(C)C. The summed E-state index contributed by atoms with van der Waals surface area (Å²) in [4.78, 5) is 13.8. The molecule has 14 heavy (non-hydrogen) atoms. The van der Waals surface area contributed by atoms with E-state index < -0.39 is 0 Å². The molecule has 1 atom stereocenters. The van der Waals surface area contributed by atoms with Gasteiger partial charge in [0.15, 0.2) is 0 Å². The molecule has 0 saturated carbocycles. The predicted molar refractivity (Wildman–Crippen MR) is 55.1 cm³/mol. The van der Waals surface area contributed by atoms with E-state index in [-0.39, 0.29) is 11.9 Å². The van der Waals surface area contributed by atoms with Gasteiger partial charge < -0.3 is 10.1 Å². The van der Waals surface area contributed by atoms with Crippen molar-refractivity contribution in [2.75, 3.05) is 26.8 Å². The molecule has 1 saturated heterocycles. The molecule has 0 spiro atoms. The van der Waals surface area contributed by atoms with E-state index in [1.165, 1.54) is 0 Å². The lowest BCUT2D eigenvalue weighted by molar-refractivity contribution is -0.128. The molecule has 1 fully saturated rings. The largest absolute Gasteiger partial charge is 0.379 e. The summed E-state index contributed by atoms with van der Waals surface area (Å²) >= 11 is 0. The summed E-state index contributed by atoms with van der Waals surface area (Å²) in [6, 6.07) is 0.265. The first-order chi connectivity index (χ1) is 6.66. The fourth-order valence-corrected chi connectivity index (χ4v) is 1.81. The van der Waals surface area contributed by atoms with Gasteiger partial charge in [-0.05, 0) is 20.3 Å². The third-order valence-corrected chi connectivity index (χ3v) is 2.59. The van der Waals surface area contributed by atoms with Crippen molar-refractivity contribution in [3.05, 3.63) is 0 Å². The van der Waals surface area contributed by atoms with Gasteiger partial charge in [-0.25, -0.2) is 0 Å². The Morgan fingerprint density at radius 2 is 2.29 bits per heavy atom. The fourth-order valence-electron chi connectivity index (χ4n) is 1.81. The van der Waals surface area contributed by atoms with Crippen molar-refractivity contribution < 1.29 is 9.53 Å². The first kappa shape index (κ1) is 11.5. The average molecular weight is 200 g/mol. The highest BCUT2D eigenvalue weighted by Gasteiger charge is 2.28. The number of amides is 1. The third-order valence-electron chi connectivity index (χ3n) is 2.59. The topological polar surface area (TPSA) is 41.6 Å². The van der Waals surface area contributed by atoms with Crippen molar-refractivity contribution in [1.82, 2.24) is 10.2 Å². The summed E-state index contributed by atoms with van der Waals surface area (Å²) in [6.07, 6.45) is 1.01. The number of rotatable bonds is 2. The molecule has 0 radical (unpaired) electrons. The zero-order valence-electron chi connectivity index (χ0n) is 9.25. The maximum Gasteiger partial charge on any atom is 0.239 e. The molecule has 0 aromatic heterocycles. The monoisotopic (exact) mass is 200 g/mol. The highest BCUT2D eigenvalue weighted by Crippen LogP contribution is 2.11. The van der Waals surface area contributed by atoms with Gasteiger partial charge in [-0.1, -0.05) is 0 Å². The van der Waals surface area contributed by atoms with Crippen molar-refractivity contribution in [3.8, 4) is 0 Å². The zero-order valence-corrected chi connectivity index (χ0v) is 9.25. The number of nitrogens with one attached hydrogen (secondary N) is 1. The standard InChI is InChI=1S/C10H20N2O2/c1-8(2)12-5-4-6-14-7-9(12)10(13)11-3/h8-9H,4-7H2,1-3H3,(H,11,13). The van der Waals surface area contributed by atoms with Crippen molar-refractivity contribution in [2.24, 2.45) is 0 Å². The molecule has 1 aliphatic rings. The van der Waals surface area contributed by atoms with Gasteiger partial charge in [-0.2, -0.15) is 0 Å². The number of nitrogens with zero attached hydrogens (tertiary/aromatic N) is 1. The van der Waals surface area contributed by atoms with Crippen LogP contribution in [0.3, 0.4) is 0 Å². The summed E-state index contributed by atoms with van der Waals surface area (Å²) in [5.74, 6) is 0.0561. The van der Waals surface area contributed by atoms with Crippen molar-refractivity contribution in [2.45, 2.75) is 32.4 Å². The van der Waals surface area contributed by atoms with Crippen LogP contribution < -0.4 is 5.32 Å². The smallest absolute Gasteiger partial charge is 0.239 e. The Kier molecular flexibility index (Phi) is 4.35. The molecular formula is C10H20N2O2. The first-order valence-corrected chi connectivity index (χ1v) is 5.22. The molecule has 4 heteroatoms. The zero-order chi connectivity index (χ0) is 10.6. The lowest BCUT2D eigenvalue weighted by Crippen LogP contribution is -2.50. The van der Waals surface area contributed by atoms with Gasteiger partial charge in [0.1, 0.15) is 6.04 Å². The summed E-state index contributed by atoms with van der Waals surface area (Å²) in [5.41, 5.74) is 0. The van der Waals surface area contributed by atoms with Gasteiger partial charge >= 0.3 is 0 Å². The summed E-state index contributed by atoms with van der Waals surface area (Å²) in [6.45, 7) is 6.44. The van der Waals surface area contributed by atoms with Crippen LogP contribution in [0.2, 0.25) is 0 Å². The molecule has 1 heterocycles. The third kappa shape index (κ3) is 2.69. The molecule has 1 aliphatic heterocycles. The fraction of sp³-hybridized carbons (Fsp3) is 0.900. The Balaban J connectivity index is 2.68. The van der Waals surface area contributed by atoms with E-state index >= 15 is 0 Å². The van der Waals surface area contributed by atoms with Crippen molar-refractivity contribution in [1.29, 1.82) is 0 Å². The van der Waals surface area contributed by atoms with Crippen molar-refractivity contribution in [3.63, 3.8) is 0 Å². The van der Waals surface area contributed by atoms with Crippen molar-refractivity contribution >= 4 is 5.91 Å². The Hall–Kier alpha value is -0.610. The average Bonchev–Trinajstić information content (AvgIpc) is 2.41. The summed E-state index contributed by atoms with van der Waals surface area (Å²) < 4.78 is 5.41. The Morgan fingerprint density at radius 1 is 1.57 bits per heavy atom. The van der Waals surface area contributed by atoms with Gasteiger partial charge in [0.25, 0.3) is 0 Å². The predicted octanol–water partition coefficient (Wildman–Crippen LogP) is 0.232. The summed E-state index contributed by atoms with van der Waals surface area (Å²) in [7, 11) is 1.67. The van der Waals surface area contributed by atoms with Gasteiger partial charge in [0.2, 0.25) is 5.91 Å². The van der Waals surface area contributed by atoms with Gasteiger partial charge in [0.05, 0.1) is 6.61 Å². The maximum absolute atomic E-state index is 11.6. The molecule has 0 aromatic rings. The Labute approximate surface area is 85.6 Å². The quantitative estimate of drug-likeness (QED) is 0.694. The van der Waals surface area contributed by atoms with E-state index in [1.807, 2.05) is 0 Å². The number of carbonyl (C=O) groups is 1. The lowest BCUT2D eigenvalue weighted by atomic mass is 10.2. The van der Waals surface area contributed by atoms with Crippen LogP contribution in [0.15, 0.2) is 0 Å². The van der Waals surface area contributed by atoms with E-state index in [0.717, 1.165) is 19.6 Å². The van der Waals surface area contributed by atoms with Gasteiger partial charge in [-0.15, -0.1) is 0 Å². The molecule has 0 aromatic carbocycles. The molecular weight excluding hydrogens is 180 g/mol. The minimum absolute atomic E-state index is 0.0561. The number of hydrogen-bond acceptors (Lipinski definition) is 3. The van der Waals surface area contributed by atoms with E-state index in [4.69, 9.17) is 4.74 Å². The Bertz CT molecular complexity index is 195. The van der Waals surface area contributed by atoms with Crippen LogP contribution >= 0.6 is 0 Å². The number of likely N-dealkylation sites (N-methyl/N-ethyl adjacent to an activating group) is 1.